The number of nitrogens with zero attached hydrogens (tertiary/aromatic N) is 3. The fraction of sp³-hybridized carbons (Fsp3) is 0.750. The molecule has 0 saturated carbocycles. The molecule has 0 aliphatic heterocycles. The van der Waals surface area contributed by atoms with E-state index in [-0.39, 0.29) is 18.3 Å². The average Bonchev–Trinajstić information content (AvgIpc) is 2.80. The van der Waals surface area contributed by atoms with Crippen molar-refractivity contribution in [1.82, 2.24) is 25.6 Å². The molecule has 0 bridgehead atoms. The highest BCUT2D eigenvalue weighted by molar-refractivity contribution is 5.91. The van der Waals surface area contributed by atoms with E-state index in [9.17, 15) is 4.79 Å². The monoisotopic (exact) mass is 289 g/mol. The molecule has 0 saturated heterocycles. The number of hydrogen-bond acceptors (Lipinski definition) is 4. The molecule has 1 aromatic heterocycles. The summed E-state index contributed by atoms with van der Waals surface area (Å²) in [7, 11) is 0. The van der Waals surface area contributed by atoms with Gasteiger partial charge in [0.05, 0.1) is 6.20 Å². The van der Waals surface area contributed by atoms with Gasteiger partial charge in [-0.05, 0) is 18.9 Å². The number of amides is 1. The predicted octanol–water partition coefficient (Wildman–Crippen LogP) is 1.09. The smallest absolute Gasteiger partial charge is 0.273 e. The Morgan fingerprint density at radius 1 is 1.42 bits per heavy atom. The van der Waals surface area contributed by atoms with Crippen molar-refractivity contribution in [2.24, 2.45) is 5.92 Å². The van der Waals surface area contributed by atoms with Crippen LogP contribution in [0.1, 0.15) is 37.7 Å². The molecule has 2 N–H and O–H groups in total. The van der Waals surface area contributed by atoms with Crippen LogP contribution in [0.15, 0.2) is 6.20 Å². The molecule has 19 heavy (non-hydrogen) atoms. The number of aryl methyl sites for hydroxylation is 1. The Morgan fingerprint density at radius 2 is 2.16 bits per heavy atom. The Morgan fingerprint density at radius 3 is 2.79 bits per heavy atom. The average molecular weight is 290 g/mol. The zero-order chi connectivity index (χ0) is 13.4. The number of nitrogens with one attached hydrogen (secondary N) is 2. The molecule has 1 heterocycles. The van der Waals surface area contributed by atoms with E-state index in [1.165, 1.54) is 0 Å². The van der Waals surface area contributed by atoms with E-state index in [1.807, 2.05) is 6.92 Å². The Kier molecular flexibility index (Phi) is 9.16. The van der Waals surface area contributed by atoms with E-state index in [2.05, 4.69) is 34.8 Å². The van der Waals surface area contributed by atoms with Crippen molar-refractivity contribution in [2.75, 3.05) is 19.6 Å². The van der Waals surface area contributed by atoms with Gasteiger partial charge in [-0.15, -0.1) is 17.5 Å². The van der Waals surface area contributed by atoms with Gasteiger partial charge in [0, 0.05) is 19.6 Å². The molecule has 7 heteroatoms. The second kappa shape index (κ2) is 9.75. The highest BCUT2D eigenvalue weighted by atomic mass is 35.5. The Labute approximate surface area is 120 Å². The summed E-state index contributed by atoms with van der Waals surface area (Å²) in [6.45, 7) is 9.42. The first-order valence-electron chi connectivity index (χ1n) is 6.52. The van der Waals surface area contributed by atoms with Gasteiger partial charge in [-0.25, -0.2) is 0 Å². The topological polar surface area (TPSA) is 71.8 Å². The molecule has 0 spiro atoms. The Hall–Kier alpha value is -1.14. The molecule has 0 radical (unpaired) electrons. The summed E-state index contributed by atoms with van der Waals surface area (Å²) in [6.07, 6.45) is 2.73. The molecular formula is C12H24ClN5O. The molecule has 1 rings (SSSR count). The molecule has 0 atom stereocenters. The van der Waals surface area contributed by atoms with E-state index < -0.39 is 0 Å². The van der Waals surface area contributed by atoms with E-state index >= 15 is 0 Å². The molecule has 0 aliphatic carbocycles. The van der Waals surface area contributed by atoms with Gasteiger partial charge in [0.15, 0.2) is 5.69 Å². The lowest BCUT2D eigenvalue weighted by atomic mass is 10.1. The Bertz CT molecular complexity index is 367. The van der Waals surface area contributed by atoms with Crippen molar-refractivity contribution in [3.8, 4) is 0 Å². The molecule has 1 amide bonds. The van der Waals surface area contributed by atoms with Crippen LogP contribution >= 0.6 is 12.4 Å². The normalized spacial score (nSPS) is 10.3. The van der Waals surface area contributed by atoms with Crippen LogP contribution in [-0.2, 0) is 6.54 Å². The third kappa shape index (κ3) is 7.12. The molecule has 6 nitrogen and oxygen atoms in total. The largest absolute Gasteiger partial charge is 0.349 e. The zero-order valence-corrected chi connectivity index (χ0v) is 12.7. The van der Waals surface area contributed by atoms with E-state index in [0.29, 0.717) is 18.2 Å². The van der Waals surface area contributed by atoms with Gasteiger partial charge in [0.1, 0.15) is 0 Å². The fourth-order valence-electron chi connectivity index (χ4n) is 1.43. The van der Waals surface area contributed by atoms with Gasteiger partial charge < -0.3 is 10.6 Å². The van der Waals surface area contributed by atoms with E-state index in [1.54, 1.807) is 10.9 Å². The molecular weight excluding hydrogens is 266 g/mol. The van der Waals surface area contributed by atoms with Gasteiger partial charge in [0.2, 0.25) is 0 Å². The van der Waals surface area contributed by atoms with Gasteiger partial charge in [-0.2, -0.15) is 0 Å². The van der Waals surface area contributed by atoms with Crippen molar-refractivity contribution < 1.29 is 4.79 Å². The minimum Gasteiger partial charge on any atom is -0.349 e. The lowest BCUT2D eigenvalue weighted by Crippen LogP contribution is -2.31. The van der Waals surface area contributed by atoms with Gasteiger partial charge in [0.25, 0.3) is 5.91 Å². The maximum Gasteiger partial charge on any atom is 0.273 e. The summed E-state index contributed by atoms with van der Waals surface area (Å²) in [6, 6.07) is 0. The van der Waals surface area contributed by atoms with Crippen LogP contribution < -0.4 is 10.6 Å². The SMILES string of the molecule is CCNCCNC(=O)c1cn(CCC(C)C)nn1.Cl. The first-order valence-corrected chi connectivity index (χ1v) is 6.52. The third-order valence-electron chi connectivity index (χ3n) is 2.54. The first kappa shape index (κ1) is 17.9. The molecule has 0 fully saturated rings. The molecule has 0 aromatic carbocycles. The predicted molar refractivity (Wildman–Crippen MR) is 77.6 cm³/mol. The van der Waals surface area contributed by atoms with Crippen molar-refractivity contribution in [1.29, 1.82) is 0 Å². The standard InChI is InChI=1S/C12H23N5O.ClH/c1-4-13-6-7-14-12(18)11-9-17(16-15-11)8-5-10(2)3;/h9-10,13H,4-8H2,1-3H3,(H,14,18);1H. The minimum absolute atomic E-state index is 0. The number of hydrogen-bond donors (Lipinski definition) is 2. The summed E-state index contributed by atoms with van der Waals surface area (Å²) in [5.74, 6) is 0.454. The lowest BCUT2D eigenvalue weighted by molar-refractivity contribution is 0.0949. The summed E-state index contributed by atoms with van der Waals surface area (Å²) in [5.41, 5.74) is 0.384. The quantitative estimate of drug-likeness (QED) is 0.703. The number of halogens is 1. The van der Waals surface area contributed by atoms with Crippen molar-refractivity contribution >= 4 is 18.3 Å². The first-order chi connectivity index (χ1) is 8.63. The fourth-order valence-corrected chi connectivity index (χ4v) is 1.43. The molecule has 1 aromatic rings. The van der Waals surface area contributed by atoms with Crippen molar-refractivity contribution in [3.05, 3.63) is 11.9 Å². The lowest BCUT2D eigenvalue weighted by Gasteiger charge is -2.03. The highest BCUT2D eigenvalue weighted by Crippen LogP contribution is 2.02. The van der Waals surface area contributed by atoms with Crippen LogP contribution in [0.2, 0.25) is 0 Å². The second-order valence-corrected chi connectivity index (χ2v) is 4.66. The van der Waals surface area contributed by atoms with E-state index in [4.69, 9.17) is 0 Å². The summed E-state index contributed by atoms with van der Waals surface area (Å²) in [4.78, 5) is 11.7. The van der Waals surface area contributed by atoms with Gasteiger partial charge in [-0.3, -0.25) is 9.48 Å². The van der Waals surface area contributed by atoms with Crippen LogP contribution in [0.25, 0.3) is 0 Å². The summed E-state index contributed by atoms with van der Waals surface area (Å²) >= 11 is 0. The molecule has 0 unspecified atom stereocenters. The number of aromatic nitrogens is 3. The number of carbonyl (C=O) groups excluding carboxylic acids is 1. The highest BCUT2D eigenvalue weighted by Gasteiger charge is 2.09. The maximum atomic E-state index is 11.7. The van der Waals surface area contributed by atoms with Crippen molar-refractivity contribution in [3.63, 3.8) is 0 Å². The van der Waals surface area contributed by atoms with Crippen LogP contribution in [0, 0.1) is 5.92 Å². The molecule has 0 aliphatic rings. The third-order valence-corrected chi connectivity index (χ3v) is 2.54. The molecule has 110 valence electrons. The van der Waals surface area contributed by atoms with Gasteiger partial charge in [-0.1, -0.05) is 26.0 Å². The van der Waals surface area contributed by atoms with Crippen LogP contribution in [0.3, 0.4) is 0 Å². The number of likely N-dealkylation sites (N-methyl/N-ethyl adjacent to an activating group) is 1. The summed E-state index contributed by atoms with van der Waals surface area (Å²) in [5, 5.41) is 13.7. The van der Waals surface area contributed by atoms with Crippen LogP contribution in [0.4, 0.5) is 0 Å². The Balaban J connectivity index is 0.00000324. The van der Waals surface area contributed by atoms with Crippen LogP contribution in [-0.4, -0.2) is 40.5 Å². The summed E-state index contributed by atoms with van der Waals surface area (Å²) < 4.78 is 1.72. The maximum absolute atomic E-state index is 11.7. The number of carbonyl (C=O) groups is 1. The zero-order valence-electron chi connectivity index (χ0n) is 11.8. The second-order valence-electron chi connectivity index (χ2n) is 4.66. The van der Waals surface area contributed by atoms with E-state index in [0.717, 1.165) is 26.1 Å². The van der Waals surface area contributed by atoms with Crippen molar-refractivity contribution in [2.45, 2.75) is 33.7 Å². The number of rotatable bonds is 8. The van der Waals surface area contributed by atoms with Gasteiger partial charge >= 0.3 is 0 Å². The minimum atomic E-state index is -0.163. The van der Waals surface area contributed by atoms with Crippen LogP contribution in [0.5, 0.6) is 0 Å².